The lowest BCUT2D eigenvalue weighted by atomic mass is 9.97. The molecule has 6 rings (SSSR count). The highest BCUT2D eigenvalue weighted by Crippen LogP contribution is 2.42. The molecule has 0 bridgehead atoms. The Bertz CT molecular complexity index is 1440. The minimum atomic E-state index is 1.31. The predicted molar refractivity (Wildman–Crippen MR) is 104 cm³/mol. The van der Waals surface area contributed by atoms with Crippen molar-refractivity contribution in [2.24, 2.45) is 0 Å². The third kappa shape index (κ3) is 1.52. The van der Waals surface area contributed by atoms with Gasteiger partial charge in [0.2, 0.25) is 0 Å². The Hall–Kier alpha value is -2.42. The second-order valence-corrected chi connectivity index (χ2v) is 8.15. The molecule has 2 heterocycles. The van der Waals surface area contributed by atoms with Crippen LogP contribution < -0.4 is 0 Å². The molecule has 2 aromatic heterocycles. The van der Waals surface area contributed by atoms with Crippen LogP contribution in [0.5, 0.6) is 0 Å². The summed E-state index contributed by atoms with van der Waals surface area (Å²) in [6.07, 6.45) is 0. The molecule has 0 aliphatic heterocycles. The zero-order valence-electron chi connectivity index (χ0n) is 12.7. The molecule has 0 atom stereocenters. The highest BCUT2D eigenvalue weighted by Gasteiger charge is 2.16. The van der Waals surface area contributed by atoms with E-state index in [1.165, 1.54) is 51.5 Å². The van der Waals surface area contributed by atoms with E-state index in [1.807, 2.05) is 22.7 Å². The van der Waals surface area contributed by atoms with Crippen molar-refractivity contribution in [1.82, 2.24) is 0 Å². The van der Waals surface area contributed by atoms with Crippen molar-refractivity contribution in [2.75, 3.05) is 0 Å². The summed E-state index contributed by atoms with van der Waals surface area (Å²) in [5, 5.41) is 10.8. The molecule has 112 valence electrons. The molecule has 0 unspecified atom stereocenters. The van der Waals surface area contributed by atoms with Crippen LogP contribution in [0.25, 0.3) is 30.6 Å². The second-order valence-electron chi connectivity index (χ2n) is 6.18. The van der Waals surface area contributed by atoms with Crippen molar-refractivity contribution < 1.29 is 0 Å². The fraction of sp³-hybridized carbons (Fsp3) is 0. The molecular formula is C22H12S2. The van der Waals surface area contributed by atoms with Crippen molar-refractivity contribution >= 4 is 42.8 Å². The van der Waals surface area contributed by atoms with Crippen molar-refractivity contribution in [1.29, 1.82) is 0 Å². The summed E-state index contributed by atoms with van der Waals surface area (Å²) < 4.78 is 2.87. The van der Waals surface area contributed by atoms with Crippen molar-refractivity contribution in [3.8, 4) is 10.4 Å². The summed E-state index contributed by atoms with van der Waals surface area (Å²) in [6.45, 7) is 0. The summed E-state index contributed by atoms with van der Waals surface area (Å²) in [7, 11) is 0. The van der Waals surface area contributed by atoms with Gasteiger partial charge in [-0.1, -0.05) is 54.6 Å². The average Bonchev–Trinajstić information content (AvgIpc) is 3.24. The van der Waals surface area contributed by atoms with Gasteiger partial charge in [-0.3, -0.25) is 0 Å². The molecule has 5 aromatic rings. The van der Waals surface area contributed by atoms with E-state index in [9.17, 15) is 0 Å². The first-order valence-electron chi connectivity index (χ1n) is 8.04. The quantitative estimate of drug-likeness (QED) is 0.313. The van der Waals surface area contributed by atoms with Gasteiger partial charge >= 0.3 is 0 Å². The van der Waals surface area contributed by atoms with E-state index >= 15 is 0 Å². The van der Waals surface area contributed by atoms with Gasteiger partial charge in [0, 0.05) is 35.5 Å². The van der Waals surface area contributed by atoms with E-state index < -0.39 is 0 Å². The first kappa shape index (κ1) is 12.9. The number of thiophene rings is 2. The second kappa shape index (κ2) is 4.56. The van der Waals surface area contributed by atoms with Crippen LogP contribution in [0.4, 0.5) is 0 Å². The number of rotatable bonds is 1. The molecule has 1 aliphatic carbocycles. The van der Waals surface area contributed by atoms with Crippen LogP contribution in [0, 0.1) is 20.9 Å². The van der Waals surface area contributed by atoms with Gasteiger partial charge in [0.05, 0.1) is 0 Å². The average molecular weight is 340 g/mol. The Morgan fingerprint density at radius 3 is 2.21 bits per heavy atom. The lowest BCUT2D eigenvalue weighted by molar-refractivity contribution is 1.35. The molecule has 0 spiro atoms. The summed E-state index contributed by atoms with van der Waals surface area (Å²) in [5.41, 5.74) is 1.31. The Labute approximate surface area is 146 Å². The van der Waals surface area contributed by atoms with E-state index in [0.29, 0.717) is 0 Å². The molecule has 1 aliphatic rings. The van der Waals surface area contributed by atoms with E-state index in [1.54, 1.807) is 0 Å². The number of benzene rings is 3. The maximum absolute atomic E-state index is 2.38. The molecule has 0 saturated heterocycles. The predicted octanol–water partition coefficient (Wildman–Crippen LogP) is 6.67. The first-order chi connectivity index (χ1) is 11.9. The van der Waals surface area contributed by atoms with Gasteiger partial charge in [0.1, 0.15) is 0 Å². The topological polar surface area (TPSA) is 0 Å². The van der Waals surface area contributed by atoms with Gasteiger partial charge in [-0.05, 0) is 33.5 Å². The standard InChI is InChI=1S/C22H12S2/c1-2-6-13(7-3-1)18-12-17-21-16(10-11-23-21)19-14-8-4-5-9-15(14)20(19)22(17)24-18/h1-12H. The van der Waals surface area contributed by atoms with E-state index in [4.69, 9.17) is 0 Å². The van der Waals surface area contributed by atoms with Gasteiger partial charge < -0.3 is 0 Å². The van der Waals surface area contributed by atoms with Gasteiger partial charge in [-0.2, -0.15) is 0 Å². The molecule has 0 amide bonds. The smallest absolute Gasteiger partial charge is 0.0448 e. The van der Waals surface area contributed by atoms with Gasteiger partial charge in [-0.25, -0.2) is 0 Å². The molecule has 3 aromatic carbocycles. The molecular weight excluding hydrogens is 328 g/mol. The third-order valence-electron chi connectivity index (χ3n) is 4.91. The zero-order valence-corrected chi connectivity index (χ0v) is 14.4. The minimum Gasteiger partial charge on any atom is -0.143 e. The van der Waals surface area contributed by atoms with Crippen LogP contribution in [0.2, 0.25) is 0 Å². The fourth-order valence-electron chi connectivity index (χ4n) is 3.85. The van der Waals surface area contributed by atoms with Crippen molar-refractivity contribution in [2.45, 2.75) is 0 Å². The summed E-state index contributed by atoms with van der Waals surface area (Å²) in [5.74, 6) is 0. The van der Waals surface area contributed by atoms with Crippen molar-refractivity contribution in [3.05, 3.63) is 93.0 Å². The molecule has 2 heteroatoms. The maximum atomic E-state index is 2.38. The molecule has 0 N–H and O–H groups in total. The monoisotopic (exact) mass is 340 g/mol. The van der Waals surface area contributed by atoms with Crippen LogP contribution >= 0.6 is 22.7 Å². The zero-order chi connectivity index (χ0) is 15.7. The lowest BCUT2D eigenvalue weighted by Gasteiger charge is -2.07. The van der Waals surface area contributed by atoms with E-state index in [-0.39, 0.29) is 0 Å². The Morgan fingerprint density at radius 2 is 1.38 bits per heavy atom. The Morgan fingerprint density at radius 1 is 0.625 bits per heavy atom. The van der Waals surface area contributed by atoms with Crippen molar-refractivity contribution in [3.63, 3.8) is 0 Å². The maximum Gasteiger partial charge on any atom is 0.0448 e. The third-order valence-corrected chi connectivity index (χ3v) is 7.06. The molecule has 24 heavy (non-hydrogen) atoms. The number of hydrogen-bond donors (Lipinski definition) is 0. The lowest BCUT2D eigenvalue weighted by Crippen LogP contribution is -1.91. The van der Waals surface area contributed by atoms with Crippen LogP contribution in [0.1, 0.15) is 0 Å². The Balaban J connectivity index is 1.88. The van der Waals surface area contributed by atoms with E-state index in [2.05, 4.69) is 72.1 Å². The number of hydrogen-bond acceptors (Lipinski definition) is 2. The molecule has 0 saturated carbocycles. The fourth-order valence-corrected chi connectivity index (χ4v) is 6.07. The molecule has 0 nitrogen and oxygen atoms in total. The minimum absolute atomic E-state index is 1.31. The van der Waals surface area contributed by atoms with E-state index in [0.717, 1.165) is 0 Å². The van der Waals surface area contributed by atoms with Crippen LogP contribution in [-0.4, -0.2) is 0 Å². The van der Waals surface area contributed by atoms with Gasteiger partial charge in [-0.15, -0.1) is 22.7 Å². The molecule has 0 fully saturated rings. The van der Waals surface area contributed by atoms with Crippen LogP contribution in [0.15, 0.2) is 72.1 Å². The van der Waals surface area contributed by atoms with Crippen LogP contribution in [0.3, 0.4) is 0 Å². The highest BCUT2D eigenvalue weighted by atomic mass is 32.1. The Kier molecular flexibility index (Phi) is 2.46. The van der Waals surface area contributed by atoms with Gasteiger partial charge in [0.25, 0.3) is 0 Å². The first-order valence-corrected chi connectivity index (χ1v) is 9.73. The summed E-state index contributed by atoms with van der Waals surface area (Å²) in [6, 6.07) is 24.2. The number of fused-ring (bicyclic) bond motifs is 7. The van der Waals surface area contributed by atoms with Crippen LogP contribution in [-0.2, 0) is 0 Å². The highest BCUT2D eigenvalue weighted by molar-refractivity contribution is 7.24. The summed E-state index contributed by atoms with van der Waals surface area (Å²) in [4.78, 5) is 1.36. The summed E-state index contributed by atoms with van der Waals surface area (Å²) >= 11 is 3.79. The SMILES string of the molecule is c1ccc(-c2cc3c(s2)c2c(c4ccsc43)=c3ccccc3=2)cc1. The molecule has 0 radical (unpaired) electrons. The van der Waals surface area contributed by atoms with Gasteiger partial charge in [0.15, 0.2) is 0 Å². The normalized spacial score (nSPS) is 12.2. The largest absolute Gasteiger partial charge is 0.143 e.